The van der Waals surface area contributed by atoms with E-state index in [4.69, 9.17) is 11.6 Å². The van der Waals surface area contributed by atoms with Crippen molar-refractivity contribution >= 4 is 40.0 Å². The normalized spacial score (nSPS) is 15.6. The molecule has 2 heterocycles. The minimum Gasteiger partial charge on any atom is -0.353 e. The summed E-state index contributed by atoms with van der Waals surface area (Å²) in [5.41, 5.74) is -0.0224. The molecule has 0 unspecified atom stereocenters. The van der Waals surface area contributed by atoms with E-state index in [2.05, 4.69) is 10.00 Å². The highest BCUT2D eigenvalue weighted by Crippen LogP contribution is 2.24. The van der Waals surface area contributed by atoms with Crippen LogP contribution in [0.4, 0.5) is 5.82 Å². The number of alkyl halides is 1. The van der Waals surface area contributed by atoms with Gasteiger partial charge in [0.1, 0.15) is 0 Å². The van der Waals surface area contributed by atoms with Gasteiger partial charge in [-0.2, -0.15) is 16.9 Å². The average molecular weight is 324 g/mol. The van der Waals surface area contributed by atoms with E-state index in [1.165, 1.54) is 0 Å². The molecule has 1 aromatic heterocycles. The summed E-state index contributed by atoms with van der Waals surface area (Å²) in [6, 6.07) is 7.76. The number of thioether (sulfide) groups is 1. The number of hydrogen-bond acceptors (Lipinski definition) is 4. The van der Waals surface area contributed by atoms with Crippen molar-refractivity contribution in [3.05, 3.63) is 34.6 Å². The highest BCUT2D eigenvalue weighted by molar-refractivity contribution is 7.99. The second-order valence-electron chi connectivity index (χ2n) is 5.04. The maximum atomic E-state index is 12.5. The molecule has 21 heavy (non-hydrogen) atoms. The van der Waals surface area contributed by atoms with E-state index < -0.39 is 0 Å². The molecule has 0 amide bonds. The predicted octanol–water partition coefficient (Wildman–Crippen LogP) is 2.58. The van der Waals surface area contributed by atoms with E-state index in [0.717, 1.165) is 47.6 Å². The van der Waals surface area contributed by atoms with Crippen molar-refractivity contribution in [2.45, 2.75) is 13.0 Å². The Kier molecular flexibility index (Phi) is 4.70. The predicted molar refractivity (Wildman–Crippen MR) is 90.9 cm³/mol. The zero-order valence-electron chi connectivity index (χ0n) is 11.8. The minimum absolute atomic E-state index is 0.0224. The van der Waals surface area contributed by atoms with Crippen molar-refractivity contribution in [3.63, 3.8) is 0 Å². The Labute approximate surface area is 133 Å². The van der Waals surface area contributed by atoms with Crippen molar-refractivity contribution in [2.24, 2.45) is 0 Å². The molecule has 4 nitrogen and oxygen atoms in total. The number of aromatic nitrogens is 2. The standard InChI is InChI=1S/C15H18ClN3OS/c16-6-3-7-19-15(20)13-5-2-1-4-12(13)14(17-19)18-8-10-21-11-9-18/h1-2,4-5H,3,6-11H2. The lowest BCUT2D eigenvalue weighted by Crippen LogP contribution is -2.35. The van der Waals surface area contributed by atoms with Gasteiger partial charge in [-0.05, 0) is 12.5 Å². The number of benzene rings is 1. The Hall–Kier alpha value is -1.20. The van der Waals surface area contributed by atoms with Crippen LogP contribution in [0, 0.1) is 0 Å². The van der Waals surface area contributed by atoms with Crippen LogP contribution in [0.1, 0.15) is 6.42 Å². The highest BCUT2D eigenvalue weighted by atomic mass is 35.5. The number of hydrogen-bond donors (Lipinski definition) is 0. The molecule has 0 atom stereocenters. The van der Waals surface area contributed by atoms with E-state index in [-0.39, 0.29) is 5.56 Å². The van der Waals surface area contributed by atoms with E-state index in [1.807, 2.05) is 36.0 Å². The number of aryl methyl sites for hydroxylation is 1. The highest BCUT2D eigenvalue weighted by Gasteiger charge is 2.18. The van der Waals surface area contributed by atoms with Gasteiger partial charge in [0.25, 0.3) is 5.56 Å². The summed E-state index contributed by atoms with van der Waals surface area (Å²) in [5.74, 6) is 3.68. The van der Waals surface area contributed by atoms with Crippen LogP contribution in [0.3, 0.4) is 0 Å². The lowest BCUT2D eigenvalue weighted by Gasteiger charge is -2.28. The van der Waals surface area contributed by atoms with Gasteiger partial charge >= 0.3 is 0 Å². The molecule has 1 saturated heterocycles. The van der Waals surface area contributed by atoms with Crippen molar-refractivity contribution in [1.82, 2.24) is 9.78 Å². The van der Waals surface area contributed by atoms with Crippen molar-refractivity contribution in [2.75, 3.05) is 35.4 Å². The first-order valence-electron chi connectivity index (χ1n) is 7.20. The van der Waals surface area contributed by atoms with Gasteiger partial charge in [-0.25, -0.2) is 4.68 Å². The molecule has 1 fully saturated rings. The van der Waals surface area contributed by atoms with Crippen molar-refractivity contribution in [1.29, 1.82) is 0 Å². The molecule has 3 rings (SSSR count). The molecule has 1 aromatic carbocycles. The number of fused-ring (bicyclic) bond motifs is 1. The van der Waals surface area contributed by atoms with Crippen LogP contribution in [0.15, 0.2) is 29.1 Å². The van der Waals surface area contributed by atoms with Crippen LogP contribution in [0.2, 0.25) is 0 Å². The third-order valence-electron chi connectivity index (χ3n) is 3.66. The maximum Gasteiger partial charge on any atom is 0.274 e. The fraction of sp³-hybridized carbons (Fsp3) is 0.467. The third-order valence-corrected chi connectivity index (χ3v) is 4.87. The summed E-state index contributed by atoms with van der Waals surface area (Å²) in [7, 11) is 0. The smallest absolute Gasteiger partial charge is 0.274 e. The second kappa shape index (κ2) is 6.71. The first-order valence-corrected chi connectivity index (χ1v) is 8.88. The van der Waals surface area contributed by atoms with Gasteiger partial charge in [0, 0.05) is 42.4 Å². The fourth-order valence-electron chi connectivity index (χ4n) is 2.59. The largest absolute Gasteiger partial charge is 0.353 e. The summed E-state index contributed by atoms with van der Waals surface area (Å²) in [6.07, 6.45) is 0.752. The zero-order chi connectivity index (χ0) is 14.7. The summed E-state index contributed by atoms with van der Waals surface area (Å²) in [6.45, 7) is 2.54. The zero-order valence-corrected chi connectivity index (χ0v) is 13.4. The molecule has 1 aliphatic rings. The molecular weight excluding hydrogens is 306 g/mol. The van der Waals surface area contributed by atoms with Crippen LogP contribution in [-0.2, 0) is 6.54 Å². The summed E-state index contributed by atoms with van der Waals surface area (Å²) in [5, 5.41) is 6.32. The van der Waals surface area contributed by atoms with Crippen LogP contribution < -0.4 is 10.5 Å². The minimum atomic E-state index is -0.0224. The van der Waals surface area contributed by atoms with Crippen LogP contribution in [-0.4, -0.2) is 40.3 Å². The SMILES string of the molecule is O=c1c2ccccc2c(N2CCSCC2)nn1CCCCl. The Morgan fingerprint density at radius 3 is 2.62 bits per heavy atom. The molecule has 0 aliphatic carbocycles. The number of anilines is 1. The molecular formula is C15H18ClN3OS. The van der Waals surface area contributed by atoms with Crippen LogP contribution in [0.25, 0.3) is 10.8 Å². The molecule has 0 saturated carbocycles. The first-order chi connectivity index (χ1) is 10.3. The first kappa shape index (κ1) is 14.7. The number of halogens is 1. The summed E-state index contributed by atoms with van der Waals surface area (Å²) < 4.78 is 1.57. The van der Waals surface area contributed by atoms with E-state index in [1.54, 1.807) is 4.68 Å². The monoisotopic (exact) mass is 323 g/mol. The number of nitrogens with zero attached hydrogens (tertiary/aromatic N) is 3. The molecule has 6 heteroatoms. The molecule has 2 aromatic rings. The molecule has 0 bridgehead atoms. The Morgan fingerprint density at radius 2 is 1.90 bits per heavy atom. The van der Waals surface area contributed by atoms with Gasteiger partial charge < -0.3 is 4.90 Å². The Morgan fingerprint density at radius 1 is 1.19 bits per heavy atom. The molecule has 0 radical (unpaired) electrons. The quantitative estimate of drug-likeness (QED) is 0.811. The van der Waals surface area contributed by atoms with Crippen molar-refractivity contribution in [3.8, 4) is 0 Å². The third kappa shape index (κ3) is 3.04. The number of rotatable bonds is 4. The lowest BCUT2D eigenvalue weighted by atomic mass is 10.1. The maximum absolute atomic E-state index is 12.5. The lowest BCUT2D eigenvalue weighted by molar-refractivity contribution is 0.572. The second-order valence-corrected chi connectivity index (χ2v) is 6.64. The van der Waals surface area contributed by atoms with E-state index in [0.29, 0.717) is 12.4 Å². The van der Waals surface area contributed by atoms with E-state index in [9.17, 15) is 4.79 Å². The fourth-order valence-corrected chi connectivity index (χ4v) is 3.61. The summed E-state index contributed by atoms with van der Waals surface area (Å²) >= 11 is 7.72. The van der Waals surface area contributed by atoms with Gasteiger partial charge in [-0.1, -0.05) is 18.2 Å². The summed E-state index contributed by atoms with van der Waals surface area (Å²) in [4.78, 5) is 14.8. The molecule has 112 valence electrons. The van der Waals surface area contributed by atoms with Gasteiger partial charge in [-0.3, -0.25) is 4.79 Å². The Bertz CT molecular complexity index is 682. The van der Waals surface area contributed by atoms with Gasteiger partial charge in [0.05, 0.1) is 5.39 Å². The van der Waals surface area contributed by atoms with Gasteiger partial charge in [0.2, 0.25) is 0 Å². The molecule has 0 N–H and O–H groups in total. The average Bonchev–Trinajstić information content (AvgIpc) is 2.55. The van der Waals surface area contributed by atoms with Gasteiger partial charge in [-0.15, -0.1) is 11.6 Å². The van der Waals surface area contributed by atoms with E-state index >= 15 is 0 Å². The van der Waals surface area contributed by atoms with Gasteiger partial charge in [0.15, 0.2) is 5.82 Å². The topological polar surface area (TPSA) is 38.1 Å². The van der Waals surface area contributed by atoms with Crippen molar-refractivity contribution < 1.29 is 0 Å². The molecule has 1 aliphatic heterocycles. The Balaban J connectivity index is 2.12. The molecule has 0 spiro atoms. The van der Waals surface area contributed by atoms with Crippen LogP contribution >= 0.6 is 23.4 Å². The van der Waals surface area contributed by atoms with Crippen LogP contribution in [0.5, 0.6) is 0 Å².